The lowest BCUT2D eigenvalue weighted by atomic mass is 10.2. The third kappa shape index (κ3) is 2.36. The van der Waals surface area contributed by atoms with Gasteiger partial charge < -0.3 is 4.57 Å². The van der Waals surface area contributed by atoms with Gasteiger partial charge in [0.2, 0.25) is 0 Å². The van der Waals surface area contributed by atoms with E-state index in [1.807, 2.05) is 25.1 Å². The van der Waals surface area contributed by atoms with Crippen molar-refractivity contribution in [2.45, 2.75) is 43.6 Å². The molecule has 1 aliphatic heterocycles. The molecule has 0 radical (unpaired) electrons. The molecule has 1 aromatic carbocycles. The second kappa shape index (κ2) is 5.15. The van der Waals surface area contributed by atoms with Crippen LogP contribution in [-0.2, 0) is 0 Å². The van der Waals surface area contributed by atoms with Crippen LogP contribution in [0.2, 0.25) is 5.02 Å². The molecule has 0 spiro atoms. The molecule has 2 unspecified atom stereocenters. The zero-order valence-electron chi connectivity index (χ0n) is 12.1. The number of halogens is 2. The Labute approximate surface area is 134 Å². The molecule has 1 aromatic heterocycles. The van der Waals surface area contributed by atoms with Crippen molar-refractivity contribution in [3.8, 4) is 0 Å². The first kappa shape index (κ1) is 13.9. The molecule has 3 nitrogen and oxygen atoms in total. The van der Waals surface area contributed by atoms with Gasteiger partial charge in [0.05, 0.1) is 21.4 Å². The third-order valence-electron chi connectivity index (χ3n) is 4.67. The molecule has 5 heteroatoms. The van der Waals surface area contributed by atoms with Gasteiger partial charge in [0.15, 0.2) is 0 Å². The first-order chi connectivity index (χ1) is 10.1. The lowest BCUT2D eigenvalue weighted by Crippen LogP contribution is -2.24. The van der Waals surface area contributed by atoms with E-state index >= 15 is 0 Å². The highest BCUT2D eigenvalue weighted by Crippen LogP contribution is 2.38. The number of hydrogen-bond acceptors (Lipinski definition) is 2. The lowest BCUT2D eigenvalue weighted by Gasteiger charge is -2.19. The quantitative estimate of drug-likeness (QED) is 0.780. The van der Waals surface area contributed by atoms with Crippen molar-refractivity contribution in [1.82, 2.24) is 14.5 Å². The smallest absolute Gasteiger partial charge is 0.128 e. The Kier molecular flexibility index (Phi) is 3.40. The molecular formula is C16H19Cl2N3. The zero-order chi connectivity index (χ0) is 14.6. The van der Waals surface area contributed by atoms with Crippen molar-refractivity contribution in [3.63, 3.8) is 0 Å². The van der Waals surface area contributed by atoms with Crippen LogP contribution in [0.4, 0.5) is 0 Å². The van der Waals surface area contributed by atoms with E-state index in [2.05, 4.69) is 9.47 Å². The largest absolute Gasteiger partial charge is 0.321 e. The topological polar surface area (TPSA) is 21.1 Å². The molecule has 2 fully saturated rings. The first-order valence-electron chi connectivity index (χ1n) is 7.69. The Morgan fingerprint density at radius 1 is 1.24 bits per heavy atom. The van der Waals surface area contributed by atoms with Gasteiger partial charge >= 0.3 is 0 Å². The van der Waals surface area contributed by atoms with Crippen LogP contribution in [0.5, 0.6) is 0 Å². The van der Waals surface area contributed by atoms with E-state index in [9.17, 15) is 0 Å². The van der Waals surface area contributed by atoms with E-state index in [0.29, 0.717) is 6.04 Å². The van der Waals surface area contributed by atoms with Crippen LogP contribution in [0.3, 0.4) is 0 Å². The number of imidazole rings is 1. The monoisotopic (exact) mass is 323 g/mol. The Morgan fingerprint density at radius 2 is 2.05 bits per heavy atom. The Hall–Kier alpha value is -0.770. The molecule has 0 N–H and O–H groups in total. The molecule has 2 aromatic rings. The van der Waals surface area contributed by atoms with Gasteiger partial charge in [0.25, 0.3) is 0 Å². The molecule has 1 aliphatic carbocycles. The molecular weight excluding hydrogens is 305 g/mol. The van der Waals surface area contributed by atoms with Gasteiger partial charge in [-0.25, -0.2) is 4.98 Å². The average Bonchev–Trinajstić information content (AvgIpc) is 3.05. The van der Waals surface area contributed by atoms with E-state index in [-0.39, 0.29) is 5.38 Å². The number of aromatic nitrogens is 2. The van der Waals surface area contributed by atoms with Crippen LogP contribution in [0.1, 0.15) is 43.4 Å². The summed E-state index contributed by atoms with van der Waals surface area (Å²) in [6.45, 7) is 4.26. The molecule has 2 atom stereocenters. The summed E-state index contributed by atoms with van der Waals surface area (Å²) in [7, 11) is 0. The van der Waals surface area contributed by atoms with Gasteiger partial charge in [-0.05, 0) is 38.3 Å². The lowest BCUT2D eigenvalue weighted by molar-refractivity contribution is 0.313. The van der Waals surface area contributed by atoms with Crippen LogP contribution < -0.4 is 0 Å². The SMILES string of the molecule is CC(Cl)c1nc2cccc(Cl)c2n1C1CCN(C2CC2)C1. The predicted molar refractivity (Wildman–Crippen MR) is 87.3 cm³/mol. The maximum Gasteiger partial charge on any atom is 0.128 e. The van der Waals surface area contributed by atoms with Crippen LogP contribution >= 0.6 is 23.2 Å². The average molecular weight is 324 g/mol. The summed E-state index contributed by atoms with van der Waals surface area (Å²) in [6.07, 6.45) is 3.87. The van der Waals surface area contributed by atoms with E-state index in [0.717, 1.165) is 40.9 Å². The van der Waals surface area contributed by atoms with Gasteiger partial charge in [-0.3, -0.25) is 4.90 Å². The Morgan fingerprint density at radius 3 is 2.76 bits per heavy atom. The molecule has 2 aliphatic rings. The Bertz CT molecular complexity index is 675. The van der Waals surface area contributed by atoms with Gasteiger partial charge in [0.1, 0.15) is 5.82 Å². The number of para-hydroxylation sites is 1. The predicted octanol–water partition coefficient (Wildman–Crippen LogP) is 4.40. The maximum absolute atomic E-state index is 6.45. The molecule has 21 heavy (non-hydrogen) atoms. The van der Waals surface area contributed by atoms with Crippen molar-refractivity contribution in [3.05, 3.63) is 29.0 Å². The number of alkyl halides is 1. The van der Waals surface area contributed by atoms with Gasteiger partial charge in [-0.2, -0.15) is 0 Å². The van der Waals surface area contributed by atoms with Crippen molar-refractivity contribution < 1.29 is 0 Å². The van der Waals surface area contributed by atoms with E-state index in [1.165, 1.54) is 19.4 Å². The third-order valence-corrected chi connectivity index (χ3v) is 5.17. The van der Waals surface area contributed by atoms with Crippen LogP contribution in [0, 0.1) is 0 Å². The van der Waals surface area contributed by atoms with Gasteiger partial charge in [0, 0.05) is 25.2 Å². The number of nitrogens with zero attached hydrogens (tertiary/aromatic N) is 3. The summed E-state index contributed by atoms with van der Waals surface area (Å²) >= 11 is 12.8. The molecule has 1 saturated carbocycles. The summed E-state index contributed by atoms with van der Waals surface area (Å²) in [5.41, 5.74) is 2.00. The van der Waals surface area contributed by atoms with Crippen LogP contribution in [0.25, 0.3) is 11.0 Å². The zero-order valence-corrected chi connectivity index (χ0v) is 13.6. The maximum atomic E-state index is 6.45. The first-order valence-corrected chi connectivity index (χ1v) is 8.51. The van der Waals surface area contributed by atoms with Gasteiger partial charge in [-0.1, -0.05) is 17.7 Å². The van der Waals surface area contributed by atoms with Crippen molar-refractivity contribution in [2.24, 2.45) is 0 Å². The minimum Gasteiger partial charge on any atom is -0.321 e. The number of likely N-dealkylation sites (tertiary alicyclic amines) is 1. The van der Waals surface area contributed by atoms with Gasteiger partial charge in [-0.15, -0.1) is 11.6 Å². The van der Waals surface area contributed by atoms with Crippen molar-refractivity contribution >= 4 is 34.2 Å². The molecule has 0 bridgehead atoms. The van der Waals surface area contributed by atoms with Crippen molar-refractivity contribution in [1.29, 1.82) is 0 Å². The molecule has 112 valence electrons. The number of fused-ring (bicyclic) bond motifs is 1. The van der Waals surface area contributed by atoms with Crippen LogP contribution in [-0.4, -0.2) is 33.6 Å². The highest BCUT2D eigenvalue weighted by Gasteiger charge is 2.36. The minimum absolute atomic E-state index is 0.108. The molecule has 0 amide bonds. The molecule has 4 rings (SSSR count). The summed E-state index contributed by atoms with van der Waals surface area (Å²) in [6, 6.07) is 7.17. The second-order valence-corrected chi connectivity index (χ2v) is 7.29. The fourth-order valence-corrected chi connectivity index (χ4v) is 3.94. The highest BCUT2D eigenvalue weighted by molar-refractivity contribution is 6.35. The normalized spacial score (nSPS) is 24.8. The summed E-state index contributed by atoms with van der Waals surface area (Å²) < 4.78 is 2.30. The standard InChI is InChI=1S/C16H19Cl2N3/c1-10(17)16-19-14-4-2-3-13(18)15(14)21(16)12-7-8-20(9-12)11-5-6-11/h2-4,10-12H,5-9H2,1H3. The minimum atomic E-state index is -0.108. The number of benzene rings is 1. The van der Waals surface area contributed by atoms with E-state index in [1.54, 1.807) is 0 Å². The fourth-order valence-electron chi connectivity index (χ4n) is 3.52. The van der Waals surface area contributed by atoms with E-state index < -0.39 is 0 Å². The second-order valence-electron chi connectivity index (χ2n) is 6.23. The molecule has 2 heterocycles. The van der Waals surface area contributed by atoms with E-state index in [4.69, 9.17) is 28.2 Å². The summed E-state index contributed by atoms with van der Waals surface area (Å²) in [4.78, 5) is 7.34. The number of rotatable bonds is 3. The Balaban J connectivity index is 1.80. The van der Waals surface area contributed by atoms with Crippen LogP contribution in [0.15, 0.2) is 18.2 Å². The van der Waals surface area contributed by atoms with Crippen molar-refractivity contribution in [2.75, 3.05) is 13.1 Å². The number of hydrogen-bond donors (Lipinski definition) is 0. The summed E-state index contributed by atoms with van der Waals surface area (Å²) in [5, 5.41) is 0.664. The summed E-state index contributed by atoms with van der Waals surface area (Å²) in [5.74, 6) is 0.947. The molecule has 1 saturated heterocycles. The fraction of sp³-hybridized carbons (Fsp3) is 0.562. The highest BCUT2D eigenvalue weighted by atomic mass is 35.5.